The third kappa shape index (κ3) is 2.32. The van der Waals surface area contributed by atoms with E-state index in [1.807, 2.05) is 0 Å². The molecule has 0 radical (unpaired) electrons. The fourth-order valence-corrected chi connectivity index (χ4v) is 3.09. The van der Waals surface area contributed by atoms with Gasteiger partial charge in [-0.15, -0.1) is 10.2 Å². The first kappa shape index (κ1) is 12.1. The minimum absolute atomic E-state index is 0.0525. The van der Waals surface area contributed by atoms with E-state index in [0.29, 0.717) is 0 Å². The van der Waals surface area contributed by atoms with Crippen molar-refractivity contribution in [2.45, 2.75) is 23.4 Å². The Labute approximate surface area is 91.6 Å². The van der Waals surface area contributed by atoms with Crippen molar-refractivity contribution in [3.63, 3.8) is 0 Å². The lowest BCUT2D eigenvalue weighted by atomic mass is 10.6. The molecule has 8 heteroatoms. The van der Waals surface area contributed by atoms with E-state index in [-0.39, 0.29) is 9.35 Å². The average Bonchev–Trinajstić information content (AvgIpc) is 2.65. The summed E-state index contributed by atoms with van der Waals surface area (Å²) in [6, 6.07) is 0. The van der Waals surface area contributed by atoms with E-state index in [9.17, 15) is 13.2 Å². The zero-order valence-corrected chi connectivity index (χ0v) is 10.1. The molecular formula is C7H11N3O3S2. The van der Waals surface area contributed by atoms with Gasteiger partial charge >= 0.3 is 0 Å². The maximum atomic E-state index is 11.6. The van der Waals surface area contributed by atoms with E-state index in [2.05, 4.69) is 15.5 Å². The third-order valence-electron chi connectivity index (χ3n) is 1.69. The van der Waals surface area contributed by atoms with E-state index < -0.39 is 21.0 Å². The smallest absolute Gasteiger partial charge is 0.282 e. The number of hydrogen-bond donors (Lipinski definition) is 1. The van der Waals surface area contributed by atoms with Gasteiger partial charge in [-0.1, -0.05) is 11.3 Å². The molecule has 0 aliphatic heterocycles. The molecule has 0 unspecified atom stereocenters. The van der Waals surface area contributed by atoms with Crippen LogP contribution >= 0.6 is 11.3 Å². The molecule has 0 fully saturated rings. The van der Waals surface area contributed by atoms with Gasteiger partial charge in [0, 0.05) is 7.05 Å². The quantitative estimate of drug-likeness (QED) is 0.819. The number of carbonyl (C=O) groups excluding carboxylic acids is 1. The van der Waals surface area contributed by atoms with E-state index in [1.165, 1.54) is 7.05 Å². The summed E-state index contributed by atoms with van der Waals surface area (Å²) in [6.07, 6.45) is 0. The Bertz CT molecular complexity index is 464. The van der Waals surface area contributed by atoms with Gasteiger partial charge in [0.15, 0.2) is 0 Å². The molecule has 6 nitrogen and oxygen atoms in total. The Morgan fingerprint density at radius 3 is 2.47 bits per heavy atom. The highest BCUT2D eigenvalue weighted by molar-refractivity contribution is 7.93. The summed E-state index contributed by atoms with van der Waals surface area (Å²) in [4.78, 5) is 11.1. The highest BCUT2D eigenvalue weighted by Crippen LogP contribution is 2.19. The van der Waals surface area contributed by atoms with E-state index in [1.54, 1.807) is 13.8 Å². The molecule has 15 heavy (non-hydrogen) atoms. The normalized spacial score (nSPS) is 11.7. The fourth-order valence-electron chi connectivity index (χ4n) is 0.725. The van der Waals surface area contributed by atoms with Crippen LogP contribution in [-0.2, 0) is 9.84 Å². The molecule has 1 amide bonds. The SMILES string of the molecule is CNC(=O)c1nnc(S(=O)(=O)C(C)C)s1. The molecule has 0 saturated heterocycles. The van der Waals surface area contributed by atoms with Crippen molar-refractivity contribution >= 4 is 27.1 Å². The molecule has 1 rings (SSSR count). The lowest BCUT2D eigenvalue weighted by Gasteiger charge is -2.01. The Balaban J connectivity index is 3.10. The highest BCUT2D eigenvalue weighted by Gasteiger charge is 2.25. The van der Waals surface area contributed by atoms with Crippen LogP contribution < -0.4 is 5.32 Å². The first-order chi connectivity index (χ1) is 6.89. The Hall–Kier alpha value is -1.02. The summed E-state index contributed by atoms with van der Waals surface area (Å²) in [6.45, 7) is 3.10. The van der Waals surface area contributed by atoms with Crippen LogP contribution in [0.5, 0.6) is 0 Å². The molecule has 0 saturated carbocycles. The molecule has 0 spiro atoms. The highest BCUT2D eigenvalue weighted by atomic mass is 32.2. The van der Waals surface area contributed by atoms with Crippen molar-refractivity contribution < 1.29 is 13.2 Å². The molecule has 0 aliphatic rings. The van der Waals surface area contributed by atoms with Crippen molar-refractivity contribution in [1.82, 2.24) is 15.5 Å². The maximum absolute atomic E-state index is 11.6. The number of amides is 1. The van der Waals surface area contributed by atoms with Gasteiger partial charge in [-0.2, -0.15) is 0 Å². The second kappa shape index (κ2) is 4.23. The third-order valence-corrected chi connectivity index (χ3v) is 5.16. The first-order valence-corrected chi connectivity index (χ1v) is 6.55. The Morgan fingerprint density at radius 1 is 1.40 bits per heavy atom. The monoisotopic (exact) mass is 249 g/mol. The molecule has 0 atom stereocenters. The molecule has 1 aromatic rings. The van der Waals surface area contributed by atoms with E-state index >= 15 is 0 Å². The van der Waals surface area contributed by atoms with Crippen LogP contribution in [-0.4, -0.2) is 36.8 Å². The summed E-state index contributed by atoms with van der Waals surface area (Å²) in [7, 11) is -1.99. The predicted octanol–water partition coefficient (Wildman–Crippen LogP) is 0.0798. The average molecular weight is 249 g/mol. The van der Waals surface area contributed by atoms with Crippen molar-refractivity contribution in [3.8, 4) is 0 Å². The lowest BCUT2D eigenvalue weighted by molar-refractivity contribution is 0.0962. The number of nitrogens with zero attached hydrogens (tertiary/aromatic N) is 2. The standard InChI is InChI=1S/C7H11N3O3S2/c1-4(2)15(12,13)7-10-9-6(14-7)5(11)8-3/h4H,1-3H3,(H,8,11). The number of hydrogen-bond acceptors (Lipinski definition) is 6. The summed E-state index contributed by atoms with van der Waals surface area (Å²) in [5, 5.41) is 8.85. The van der Waals surface area contributed by atoms with Gasteiger partial charge in [0.25, 0.3) is 5.91 Å². The van der Waals surface area contributed by atoms with Gasteiger partial charge in [-0.25, -0.2) is 8.42 Å². The first-order valence-electron chi connectivity index (χ1n) is 4.19. The van der Waals surface area contributed by atoms with Crippen LogP contribution in [0, 0.1) is 0 Å². The van der Waals surface area contributed by atoms with Crippen molar-refractivity contribution in [1.29, 1.82) is 0 Å². The van der Waals surface area contributed by atoms with Crippen LogP contribution in [0.25, 0.3) is 0 Å². The number of sulfone groups is 1. The van der Waals surface area contributed by atoms with Crippen LogP contribution in [0.3, 0.4) is 0 Å². The van der Waals surface area contributed by atoms with Crippen LogP contribution in [0.1, 0.15) is 23.6 Å². The van der Waals surface area contributed by atoms with Gasteiger partial charge in [-0.3, -0.25) is 4.79 Å². The van der Waals surface area contributed by atoms with E-state index in [4.69, 9.17) is 0 Å². The molecule has 0 aromatic carbocycles. The lowest BCUT2D eigenvalue weighted by Crippen LogP contribution is -2.17. The van der Waals surface area contributed by atoms with Gasteiger partial charge in [0.05, 0.1) is 5.25 Å². The van der Waals surface area contributed by atoms with Crippen LogP contribution in [0.15, 0.2) is 4.34 Å². The predicted molar refractivity (Wildman–Crippen MR) is 55.6 cm³/mol. The number of carbonyl (C=O) groups is 1. The van der Waals surface area contributed by atoms with Gasteiger partial charge in [0.2, 0.25) is 19.2 Å². The maximum Gasteiger partial charge on any atom is 0.282 e. The molecule has 1 heterocycles. The van der Waals surface area contributed by atoms with Crippen molar-refractivity contribution in [2.24, 2.45) is 0 Å². The molecule has 0 bridgehead atoms. The Kier molecular flexibility index (Phi) is 3.40. The van der Waals surface area contributed by atoms with Gasteiger partial charge in [-0.05, 0) is 13.8 Å². The van der Waals surface area contributed by atoms with Crippen molar-refractivity contribution in [2.75, 3.05) is 7.05 Å². The fraction of sp³-hybridized carbons (Fsp3) is 0.571. The summed E-state index contributed by atoms with van der Waals surface area (Å²) in [5.41, 5.74) is 0. The second-order valence-electron chi connectivity index (χ2n) is 3.05. The van der Waals surface area contributed by atoms with Crippen LogP contribution in [0.2, 0.25) is 0 Å². The number of nitrogens with one attached hydrogen (secondary N) is 1. The minimum Gasteiger partial charge on any atom is -0.353 e. The van der Waals surface area contributed by atoms with Gasteiger partial charge in [0.1, 0.15) is 0 Å². The van der Waals surface area contributed by atoms with Crippen molar-refractivity contribution in [3.05, 3.63) is 5.01 Å². The van der Waals surface area contributed by atoms with Crippen LogP contribution in [0.4, 0.5) is 0 Å². The molecule has 1 N–H and O–H groups in total. The minimum atomic E-state index is -3.43. The second-order valence-corrected chi connectivity index (χ2v) is 6.70. The molecular weight excluding hydrogens is 238 g/mol. The van der Waals surface area contributed by atoms with E-state index in [0.717, 1.165) is 11.3 Å². The molecule has 0 aliphatic carbocycles. The number of rotatable bonds is 3. The zero-order valence-electron chi connectivity index (χ0n) is 8.51. The topological polar surface area (TPSA) is 89.0 Å². The Morgan fingerprint density at radius 2 is 2.00 bits per heavy atom. The molecule has 84 valence electrons. The molecule has 1 aromatic heterocycles. The number of aromatic nitrogens is 2. The summed E-state index contributed by atoms with van der Waals surface area (Å²) >= 11 is 0.779. The zero-order chi connectivity index (χ0) is 11.6. The largest absolute Gasteiger partial charge is 0.353 e. The summed E-state index contributed by atoms with van der Waals surface area (Å²) < 4.78 is 23.2. The summed E-state index contributed by atoms with van der Waals surface area (Å²) in [5.74, 6) is -0.433. The van der Waals surface area contributed by atoms with Gasteiger partial charge < -0.3 is 5.32 Å².